The van der Waals surface area contributed by atoms with Gasteiger partial charge in [0.15, 0.2) is 0 Å². The first-order chi connectivity index (χ1) is 8.97. The Bertz CT molecular complexity index is 422. The summed E-state index contributed by atoms with van der Waals surface area (Å²) in [5.41, 5.74) is -0.779. The molecular formula is C14H17F4N. The van der Waals surface area contributed by atoms with Crippen LogP contribution < -0.4 is 5.32 Å². The first-order valence-electron chi connectivity index (χ1n) is 6.53. The van der Waals surface area contributed by atoms with Crippen molar-refractivity contribution in [2.75, 3.05) is 6.54 Å². The number of nitrogens with one attached hydrogen (secondary N) is 1. The van der Waals surface area contributed by atoms with E-state index < -0.39 is 17.6 Å². The summed E-state index contributed by atoms with van der Waals surface area (Å²) in [6.45, 7) is 0.861. The van der Waals surface area contributed by atoms with Crippen molar-refractivity contribution in [1.82, 2.24) is 5.32 Å². The van der Waals surface area contributed by atoms with Crippen molar-refractivity contribution < 1.29 is 17.6 Å². The lowest BCUT2D eigenvalue weighted by atomic mass is 10.1. The third-order valence-electron chi connectivity index (χ3n) is 3.60. The van der Waals surface area contributed by atoms with Crippen LogP contribution in [0.25, 0.3) is 0 Å². The molecule has 2 rings (SSSR count). The van der Waals surface area contributed by atoms with Crippen LogP contribution in [0, 0.1) is 11.7 Å². The van der Waals surface area contributed by atoms with Gasteiger partial charge in [-0.2, -0.15) is 13.2 Å². The molecule has 0 atom stereocenters. The van der Waals surface area contributed by atoms with E-state index in [1.54, 1.807) is 0 Å². The van der Waals surface area contributed by atoms with Crippen LogP contribution in [-0.2, 0) is 12.7 Å². The van der Waals surface area contributed by atoms with Crippen molar-refractivity contribution in [2.45, 2.75) is 38.4 Å². The van der Waals surface area contributed by atoms with E-state index in [1.165, 1.54) is 18.9 Å². The number of rotatable bonds is 4. The summed E-state index contributed by atoms with van der Waals surface area (Å²) in [6, 6.07) is 2.84. The highest BCUT2D eigenvalue weighted by Crippen LogP contribution is 2.32. The molecule has 1 N–H and O–H groups in total. The molecule has 0 radical (unpaired) electrons. The highest BCUT2D eigenvalue weighted by Gasteiger charge is 2.33. The minimum atomic E-state index is -4.51. The second kappa shape index (κ2) is 5.90. The summed E-state index contributed by atoms with van der Waals surface area (Å²) in [5, 5.41) is 3.05. The van der Waals surface area contributed by atoms with Crippen LogP contribution >= 0.6 is 0 Å². The zero-order chi connectivity index (χ0) is 13.9. The Balaban J connectivity index is 1.98. The van der Waals surface area contributed by atoms with Gasteiger partial charge in [-0.25, -0.2) is 4.39 Å². The summed E-state index contributed by atoms with van der Waals surface area (Å²) < 4.78 is 51.2. The molecule has 1 saturated carbocycles. The van der Waals surface area contributed by atoms with Gasteiger partial charge in [-0.05, 0) is 43.0 Å². The van der Waals surface area contributed by atoms with Crippen molar-refractivity contribution in [2.24, 2.45) is 5.92 Å². The van der Waals surface area contributed by atoms with E-state index in [4.69, 9.17) is 0 Å². The third-order valence-corrected chi connectivity index (χ3v) is 3.60. The number of benzene rings is 1. The van der Waals surface area contributed by atoms with Crippen molar-refractivity contribution in [3.63, 3.8) is 0 Å². The second-order valence-electron chi connectivity index (χ2n) is 5.08. The predicted octanol–water partition coefficient (Wildman–Crippen LogP) is 4.12. The monoisotopic (exact) mass is 275 g/mol. The Morgan fingerprint density at radius 1 is 1.16 bits per heavy atom. The maximum absolute atomic E-state index is 12.9. The summed E-state index contributed by atoms with van der Waals surface area (Å²) in [7, 11) is 0. The first-order valence-corrected chi connectivity index (χ1v) is 6.53. The van der Waals surface area contributed by atoms with Crippen LogP contribution in [0.4, 0.5) is 17.6 Å². The van der Waals surface area contributed by atoms with E-state index in [9.17, 15) is 17.6 Å². The average molecular weight is 275 g/mol. The summed E-state index contributed by atoms with van der Waals surface area (Å²) >= 11 is 0. The van der Waals surface area contributed by atoms with E-state index in [2.05, 4.69) is 5.32 Å². The minimum absolute atomic E-state index is 0.104. The van der Waals surface area contributed by atoms with Crippen LogP contribution in [0.2, 0.25) is 0 Å². The maximum Gasteiger partial charge on any atom is 0.416 e. The lowest BCUT2D eigenvalue weighted by molar-refractivity contribution is -0.138. The van der Waals surface area contributed by atoms with Crippen LogP contribution in [0.5, 0.6) is 0 Å². The van der Waals surface area contributed by atoms with Crippen molar-refractivity contribution in [1.29, 1.82) is 0 Å². The molecule has 0 unspecified atom stereocenters. The molecule has 0 amide bonds. The quantitative estimate of drug-likeness (QED) is 0.815. The Morgan fingerprint density at radius 3 is 2.47 bits per heavy atom. The number of hydrogen-bond donors (Lipinski definition) is 1. The largest absolute Gasteiger partial charge is 0.416 e. The number of halogens is 4. The Hall–Kier alpha value is -1.10. The lowest BCUT2D eigenvalue weighted by Gasteiger charge is -2.15. The summed E-state index contributed by atoms with van der Waals surface area (Å²) in [6.07, 6.45) is 0.185. The topological polar surface area (TPSA) is 12.0 Å². The van der Waals surface area contributed by atoms with Gasteiger partial charge in [0.25, 0.3) is 0 Å². The zero-order valence-corrected chi connectivity index (χ0v) is 10.6. The molecule has 0 heterocycles. The normalized spacial score (nSPS) is 17.1. The van der Waals surface area contributed by atoms with Crippen molar-refractivity contribution >= 4 is 0 Å². The molecule has 0 spiro atoms. The van der Waals surface area contributed by atoms with Gasteiger partial charge in [0.05, 0.1) is 5.56 Å². The fourth-order valence-corrected chi connectivity index (χ4v) is 2.59. The standard InChI is InChI=1S/C14H17F4N/c15-12-6-5-11(13(7-12)14(16,17)18)9-19-8-10-3-1-2-4-10/h5-7,10,19H,1-4,8-9H2. The summed E-state index contributed by atoms with van der Waals surface area (Å²) in [5.74, 6) is -0.290. The van der Waals surface area contributed by atoms with Crippen LogP contribution in [0.15, 0.2) is 18.2 Å². The minimum Gasteiger partial charge on any atom is -0.312 e. The van der Waals surface area contributed by atoms with E-state index in [0.717, 1.165) is 25.5 Å². The molecule has 0 aliphatic heterocycles. The third kappa shape index (κ3) is 3.93. The molecule has 106 valence electrons. The average Bonchev–Trinajstić information content (AvgIpc) is 2.83. The smallest absolute Gasteiger partial charge is 0.312 e. The molecule has 5 heteroatoms. The molecule has 0 bridgehead atoms. The molecule has 1 fully saturated rings. The van der Waals surface area contributed by atoms with Gasteiger partial charge in [0, 0.05) is 6.54 Å². The number of hydrogen-bond acceptors (Lipinski definition) is 1. The van der Waals surface area contributed by atoms with Crippen LogP contribution in [0.3, 0.4) is 0 Å². The highest BCUT2D eigenvalue weighted by atomic mass is 19.4. The van der Waals surface area contributed by atoms with Gasteiger partial charge in [0.2, 0.25) is 0 Å². The van der Waals surface area contributed by atoms with Crippen LogP contribution in [-0.4, -0.2) is 6.54 Å². The maximum atomic E-state index is 12.9. The molecule has 0 saturated heterocycles. The fourth-order valence-electron chi connectivity index (χ4n) is 2.59. The predicted molar refractivity (Wildman–Crippen MR) is 65.1 cm³/mol. The van der Waals surface area contributed by atoms with Gasteiger partial charge in [-0.3, -0.25) is 0 Å². The second-order valence-corrected chi connectivity index (χ2v) is 5.08. The Kier molecular flexibility index (Phi) is 4.45. The first kappa shape index (κ1) is 14.3. The molecule has 1 aromatic carbocycles. The van der Waals surface area contributed by atoms with E-state index in [1.807, 2.05) is 0 Å². The fraction of sp³-hybridized carbons (Fsp3) is 0.571. The number of alkyl halides is 3. The van der Waals surface area contributed by atoms with Gasteiger partial charge in [-0.1, -0.05) is 18.9 Å². The highest BCUT2D eigenvalue weighted by molar-refractivity contribution is 5.30. The Labute approximate surface area is 110 Å². The van der Waals surface area contributed by atoms with Crippen molar-refractivity contribution in [3.8, 4) is 0 Å². The summed E-state index contributed by atoms with van der Waals surface area (Å²) in [4.78, 5) is 0. The van der Waals surface area contributed by atoms with Gasteiger partial charge >= 0.3 is 6.18 Å². The van der Waals surface area contributed by atoms with E-state index >= 15 is 0 Å². The Morgan fingerprint density at radius 2 is 1.84 bits per heavy atom. The van der Waals surface area contributed by atoms with Crippen molar-refractivity contribution in [3.05, 3.63) is 35.1 Å². The lowest BCUT2D eigenvalue weighted by Crippen LogP contribution is -2.22. The molecule has 0 aromatic heterocycles. The molecule has 1 aliphatic carbocycles. The van der Waals surface area contributed by atoms with Gasteiger partial charge in [0.1, 0.15) is 5.82 Å². The molecule has 1 nitrogen and oxygen atoms in total. The zero-order valence-electron chi connectivity index (χ0n) is 10.6. The molecule has 19 heavy (non-hydrogen) atoms. The van der Waals surface area contributed by atoms with Gasteiger partial charge < -0.3 is 5.32 Å². The molecular weight excluding hydrogens is 258 g/mol. The van der Waals surface area contributed by atoms with E-state index in [-0.39, 0.29) is 12.1 Å². The van der Waals surface area contributed by atoms with E-state index in [0.29, 0.717) is 12.0 Å². The molecule has 1 aliphatic rings. The van der Waals surface area contributed by atoms with Gasteiger partial charge in [-0.15, -0.1) is 0 Å². The van der Waals surface area contributed by atoms with Crippen LogP contribution in [0.1, 0.15) is 36.8 Å². The SMILES string of the molecule is Fc1ccc(CNCC2CCCC2)c(C(F)(F)F)c1. The molecule has 1 aromatic rings.